The Bertz CT molecular complexity index is 2720. The van der Waals surface area contributed by atoms with Gasteiger partial charge in [-0.1, -0.05) is 97.1 Å². The number of aromatic nitrogens is 2. The van der Waals surface area contributed by atoms with Crippen molar-refractivity contribution in [2.75, 3.05) is 5.32 Å². The normalized spacial score (nSPS) is 19.9. The van der Waals surface area contributed by atoms with Crippen LogP contribution in [0.25, 0.3) is 21.8 Å². The first kappa shape index (κ1) is 27.3. The molecule has 0 saturated carbocycles. The monoisotopic (exact) mass is 638 g/mol. The number of aliphatic imine (C=N–C) groups is 1. The van der Waals surface area contributed by atoms with Crippen molar-refractivity contribution in [3.05, 3.63) is 176 Å². The maximum Gasteiger partial charge on any atom is 0.109 e. The molecule has 6 nitrogen and oxygen atoms in total. The number of fused-ring (bicyclic) bond motifs is 6. The van der Waals surface area contributed by atoms with Gasteiger partial charge >= 0.3 is 0 Å². The summed E-state index contributed by atoms with van der Waals surface area (Å²) in [6, 6.07) is 43.0. The van der Waals surface area contributed by atoms with Crippen LogP contribution in [-0.4, -0.2) is 15.7 Å². The summed E-state index contributed by atoms with van der Waals surface area (Å²) in [6.07, 6.45) is 0. The van der Waals surface area contributed by atoms with Gasteiger partial charge in [0, 0.05) is 22.4 Å². The minimum absolute atomic E-state index is 0.00220. The minimum atomic E-state index is -0.111. The summed E-state index contributed by atoms with van der Waals surface area (Å²) in [4.78, 5) is 15.9. The molecule has 1 aliphatic heterocycles. The first-order chi connectivity index (χ1) is 24.6. The highest BCUT2D eigenvalue weighted by molar-refractivity contribution is 6.10. The van der Waals surface area contributed by atoms with Crippen molar-refractivity contribution < 1.29 is 0 Å². The van der Waals surface area contributed by atoms with E-state index in [0.29, 0.717) is 32.9 Å². The van der Waals surface area contributed by atoms with E-state index in [1.165, 1.54) is 44.5 Å². The standard InChI is InChI=1S/C44H26N6/c1-22-37-27-14-6-8-16-29(27)40(30-17-9-7-15-28(30)37)48-36-19-32-31(18-35(36)47-22)33(20-45)41-42(34(32)21-46)50-44-39-25-12-4-2-10-23(25)38(43(44)49-41)24-11-3-5-13-26(24)39/h2-19,37-40,48H,1H3. The van der Waals surface area contributed by atoms with Gasteiger partial charge in [0.25, 0.3) is 0 Å². The summed E-state index contributed by atoms with van der Waals surface area (Å²) < 4.78 is 0. The Morgan fingerprint density at radius 2 is 0.940 bits per heavy atom. The van der Waals surface area contributed by atoms with Gasteiger partial charge in [-0.2, -0.15) is 10.5 Å². The van der Waals surface area contributed by atoms with E-state index in [1.54, 1.807) is 0 Å². The van der Waals surface area contributed by atoms with Crippen molar-refractivity contribution in [3.63, 3.8) is 0 Å². The van der Waals surface area contributed by atoms with Gasteiger partial charge < -0.3 is 5.32 Å². The lowest BCUT2D eigenvalue weighted by molar-refractivity contribution is 0.709. The fraction of sp³-hybridized carbons (Fsp3) is 0.114. The fourth-order valence-corrected chi connectivity index (χ4v) is 9.35. The fourth-order valence-electron chi connectivity index (χ4n) is 9.35. The van der Waals surface area contributed by atoms with Crippen LogP contribution in [0.3, 0.4) is 0 Å². The molecule has 0 spiro atoms. The topological polar surface area (TPSA) is 97.8 Å². The van der Waals surface area contributed by atoms with E-state index in [4.69, 9.17) is 15.0 Å². The highest BCUT2D eigenvalue weighted by Crippen LogP contribution is 2.55. The van der Waals surface area contributed by atoms with Gasteiger partial charge in [-0.3, -0.25) is 4.99 Å². The third-order valence-electron chi connectivity index (χ3n) is 11.4. The number of hydrogen-bond donors (Lipinski definition) is 1. The summed E-state index contributed by atoms with van der Waals surface area (Å²) in [6.45, 7) is 2.09. The number of hydrogen-bond acceptors (Lipinski definition) is 6. The van der Waals surface area contributed by atoms with Crippen LogP contribution in [0, 0.1) is 22.7 Å². The molecule has 7 aromatic rings. The van der Waals surface area contributed by atoms with Crippen molar-refractivity contribution >= 4 is 38.9 Å². The third kappa shape index (κ3) is 3.37. The lowest BCUT2D eigenvalue weighted by atomic mass is 9.64. The number of benzene rings is 6. The molecule has 6 aromatic carbocycles. The average molecular weight is 639 g/mol. The molecular formula is C44H26N6. The largest absolute Gasteiger partial charge is 0.372 e. The first-order valence-electron chi connectivity index (χ1n) is 17.0. The Morgan fingerprint density at radius 3 is 1.38 bits per heavy atom. The first-order valence-corrected chi connectivity index (χ1v) is 17.0. The Morgan fingerprint density at radius 1 is 0.540 bits per heavy atom. The third-order valence-corrected chi connectivity index (χ3v) is 11.4. The number of nitrogens with zero attached hydrogens (tertiary/aromatic N) is 5. The summed E-state index contributed by atoms with van der Waals surface area (Å²) >= 11 is 0. The zero-order valence-electron chi connectivity index (χ0n) is 26.9. The molecule has 4 aliphatic carbocycles. The summed E-state index contributed by atoms with van der Waals surface area (Å²) in [5.74, 6) is -0.190. The van der Waals surface area contributed by atoms with Crippen LogP contribution in [0.4, 0.5) is 11.4 Å². The molecule has 50 heavy (non-hydrogen) atoms. The second kappa shape index (κ2) is 9.72. The Labute approximate surface area is 288 Å². The second-order valence-electron chi connectivity index (χ2n) is 13.7. The van der Waals surface area contributed by atoms with Gasteiger partial charge in [0.05, 0.1) is 51.8 Å². The average Bonchev–Trinajstić information content (AvgIpc) is 3.24. The van der Waals surface area contributed by atoms with Gasteiger partial charge in [-0.05, 0) is 63.6 Å². The predicted molar refractivity (Wildman–Crippen MR) is 194 cm³/mol. The molecule has 12 rings (SSSR count). The summed E-state index contributed by atoms with van der Waals surface area (Å²) in [5.41, 5.74) is 15.8. The van der Waals surface area contributed by atoms with Crippen molar-refractivity contribution in [2.45, 2.75) is 30.7 Å². The van der Waals surface area contributed by atoms with E-state index >= 15 is 0 Å². The Hall–Kier alpha value is -6.63. The lowest BCUT2D eigenvalue weighted by Gasteiger charge is -2.40. The number of nitrogens with one attached hydrogen (secondary N) is 1. The van der Waals surface area contributed by atoms with E-state index in [2.05, 4.69) is 121 Å². The molecule has 232 valence electrons. The SMILES string of the molecule is CC1=Nc2cc3c(C#N)c4nc5c(nc4c(C#N)c3cc2NC2c3ccccc3C1c1ccccc12)C1c2ccccc2C5c2ccccc21. The molecule has 4 bridgehead atoms. The van der Waals surface area contributed by atoms with Crippen LogP contribution in [0.15, 0.2) is 114 Å². The van der Waals surface area contributed by atoms with Gasteiger partial charge in [-0.25, -0.2) is 9.97 Å². The van der Waals surface area contributed by atoms with Crippen LogP contribution >= 0.6 is 0 Å². The van der Waals surface area contributed by atoms with Crippen LogP contribution in [0.1, 0.15) is 97.7 Å². The minimum Gasteiger partial charge on any atom is -0.372 e. The second-order valence-corrected chi connectivity index (χ2v) is 13.7. The predicted octanol–water partition coefficient (Wildman–Crippen LogP) is 9.27. The zero-order valence-corrected chi connectivity index (χ0v) is 26.9. The van der Waals surface area contributed by atoms with Crippen molar-refractivity contribution in [1.82, 2.24) is 9.97 Å². The van der Waals surface area contributed by atoms with Crippen LogP contribution < -0.4 is 5.32 Å². The number of nitriles is 2. The highest BCUT2D eigenvalue weighted by Gasteiger charge is 2.44. The molecule has 1 N–H and O–H groups in total. The molecule has 0 saturated heterocycles. The Kier molecular flexibility index (Phi) is 5.31. The highest BCUT2D eigenvalue weighted by atomic mass is 15.0. The molecule has 0 fully saturated rings. The maximum absolute atomic E-state index is 10.9. The molecule has 6 heteroatoms. The van der Waals surface area contributed by atoms with Crippen molar-refractivity contribution in [3.8, 4) is 12.1 Å². The lowest BCUT2D eigenvalue weighted by Crippen LogP contribution is -2.29. The van der Waals surface area contributed by atoms with Gasteiger partial charge in [0.2, 0.25) is 0 Å². The van der Waals surface area contributed by atoms with Crippen LogP contribution in [0.2, 0.25) is 0 Å². The van der Waals surface area contributed by atoms with Crippen molar-refractivity contribution in [2.24, 2.45) is 4.99 Å². The molecule has 0 atom stereocenters. The quantitative estimate of drug-likeness (QED) is 0.167. The molecule has 0 radical (unpaired) electrons. The van der Waals surface area contributed by atoms with E-state index in [-0.39, 0.29) is 23.8 Å². The number of anilines is 1. The molecule has 5 aliphatic rings. The summed E-state index contributed by atoms with van der Waals surface area (Å²) in [7, 11) is 0. The van der Waals surface area contributed by atoms with E-state index in [9.17, 15) is 10.5 Å². The molecule has 1 aromatic heterocycles. The van der Waals surface area contributed by atoms with Gasteiger partial charge in [-0.15, -0.1) is 0 Å². The van der Waals surface area contributed by atoms with Crippen LogP contribution in [0.5, 0.6) is 0 Å². The zero-order chi connectivity index (χ0) is 33.2. The molecule has 2 heterocycles. The molecule has 0 amide bonds. The summed E-state index contributed by atoms with van der Waals surface area (Å²) in [5, 5.41) is 26.9. The van der Waals surface area contributed by atoms with Crippen molar-refractivity contribution in [1.29, 1.82) is 10.5 Å². The van der Waals surface area contributed by atoms with E-state index < -0.39 is 0 Å². The molecule has 0 unspecified atom stereocenters. The van der Waals surface area contributed by atoms with Gasteiger partial charge in [0.15, 0.2) is 0 Å². The smallest absolute Gasteiger partial charge is 0.109 e. The van der Waals surface area contributed by atoms with Gasteiger partial charge in [0.1, 0.15) is 23.2 Å². The Balaban J connectivity index is 1.20. The maximum atomic E-state index is 10.9. The molecular weight excluding hydrogens is 613 g/mol. The van der Waals surface area contributed by atoms with Crippen LogP contribution in [-0.2, 0) is 0 Å². The number of rotatable bonds is 0. The van der Waals surface area contributed by atoms with E-state index in [0.717, 1.165) is 28.5 Å². The van der Waals surface area contributed by atoms with E-state index in [1.807, 2.05) is 12.1 Å².